The quantitative estimate of drug-likeness (QED) is 0.489. The zero-order valence-corrected chi connectivity index (χ0v) is 13.7. The summed E-state index contributed by atoms with van der Waals surface area (Å²) in [6, 6.07) is 9.59. The first-order chi connectivity index (χ1) is 9.83. The molecule has 0 fully saturated rings. The SMILES string of the molecule is CC1Cc2ccccc2N1CCCCCCCCCS. The van der Waals surface area contributed by atoms with Crippen molar-refractivity contribution in [1.82, 2.24) is 0 Å². The third-order valence-electron chi connectivity index (χ3n) is 4.41. The highest BCUT2D eigenvalue weighted by Gasteiger charge is 2.24. The minimum Gasteiger partial charge on any atom is -0.368 e. The van der Waals surface area contributed by atoms with E-state index in [2.05, 4.69) is 48.7 Å². The molecule has 1 aromatic carbocycles. The van der Waals surface area contributed by atoms with E-state index in [0.717, 1.165) is 5.75 Å². The first kappa shape index (κ1) is 15.8. The van der Waals surface area contributed by atoms with Crippen molar-refractivity contribution in [3.8, 4) is 0 Å². The minimum atomic E-state index is 0.683. The predicted molar refractivity (Wildman–Crippen MR) is 93.1 cm³/mol. The molecule has 0 spiro atoms. The number of fused-ring (bicyclic) bond motifs is 1. The Balaban J connectivity index is 1.62. The van der Waals surface area contributed by atoms with Gasteiger partial charge in [0.15, 0.2) is 0 Å². The summed E-state index contributed by atoms with van der Waals surface area (Å²) in [4.78, 5) is 2.61. The Hall–Kier alpha value is -0.630. The fourth-order valence-corrected chi connectivity index (χ4v) is 3.47. The second kappa shape index (κ2) is 8.61. The molecule has 2 rings (SSSR count). The summed E-state index contributed by atoms with van der Waals surface area (Å²) >= 11 is 4.25. The largest absolute Gasteiger partial charge is 0.368 e. The van der Waals surface area contributed by atoms with Crippen LogP contribution in [0, 0.1) is 0 Å². The van der Waals surface area contributed by atoms with Crippen molar-refractivity contribution in [1.29, 1.82) is 0 Å². The number of nitrogens with zero attached hydrogens (tertiary/aromatic N) is 1. The van der Waals surface area contributed by atoms with Gasteiger partial charge in [-0.1, -0.05) is 50.3 Å². The average molecular weight is 292 g/mol. The van der Waals surface area contributed by atoms with E-state index in [1.807, 2.05) is 0 Å². The Bertz CT molecular complexity index is 391. The molecule has 0 radical (unpaired) electrons. The molecule has 1 nitrogen and oxygen atoms in total. The lowest BCUT2D eigenvalue weighted by Crippen LogP contribution is -2.30. The van der Waals surface area contributed by atoms with Crippen LogP contribution in [0.1, 0.15) is 57.4 Å². The van der Waals surface area contributed by atoms with Gasteiger partial charge in [-0.25, -0.2) is 0 Å². The van der Waals surface area contributed by atoms with Gasteiger partial charge in [-0.05, 0) is 43.6 Å². The molecular formula is C18H29NS. The van der Waals surface area contributed by atoms with Crippen molar-refractivity contribution in [2.24, 2.45) is 0 Å². The van der Waals surface area contributed by atoms with Crippen molar-refractivity contribution in [2.75, 3.05) is 17.2 Å². The third kappa shape index (κ3) is 4.44. The molecule has 0 aliphatic carbocycles. The summed E-state index contributed by atoms with van der Waals surface area (Å²) in [7, 11) is 0. The van der Waals surface area contributed by atoms with Crippen molar-refractivity contribution in [2.45, 2.75) is 64.3 Å². The molecular weight excluding hydrogens is 262 g/mol. The van der Waals surface area contributed by atoms with Gasteiger partial charge in [-0.3, -0.25) is 0 Å². The normalized spacial score (nSPS) is 17.5. The highest BCUT2D eigenvalue weighted by Crippen LogP contribution is 2.31. The summed E-state index contributed by atoms with van der Waals surface area (Å²) in [5.41, 5.74) is 3.01. The van der Waals surface area contributed by atoms with Crippen LogP contribution in [-0.2, 0) is 6.42 Å². The van der Waals surface area contributed by atoms with E-state index >= 15 is 0 Å². The van der Waals surface area contributed by atoms with Gasteiger partial charge in [-0.15, -0.1) is 0 Å². The first-order valence-corrected chi connectivity index (χ1v) is 8.91. The van der Waals surface area contributed by atoms with Gasteiger partial charge >= 0.3 is 0 Å². The van der Waals surface area contributed by atoms with Gasteiger partial charge in [-0.2, -0.15) is 12.6 Å². The summed E-state index contributed by atoms with van der Waals surface area (Å²) in [6.07, 6.45) is 10.8. The standard InChI is InChI=1S/C18H29NS/c1-16-15-17-11-7-8-12-18(17)19(16)13-9-5-3-2-4-6-10-14-20/h7-8,11-12,16,20H,2-6,9-10,13-15H2,1H3. The highest BCUT2D eigenvalue weighted by atomic mass is 32.1. The van der Waals surface area contributed by atoms with E-state index in [-0.39, 0.29) is 0 Å². The molecule has 1 aliphatic rings. The van der Waals surface area contributed by atoms with Gasteiger partial charge in [0.1, 0.15) is 0 Å². The molecule has 1 unspecified atom stereocenters. The molecule has 1 heterocycles. The molecule has 20 heavy (non-hydrogen) atoms. The van der Waals surface area contributed by atoms with Crippen molar-refractivity contribution in [3.05, 3.63) is 29.8 Å². The second-order valence-electron chi connectivity index (χ2n) is 6.07. The smallest absolute Gasteiger partial charge is 0.0402 e. The van der Waals surface area contributed by atoms with E-state index in [1.54, 1.807) is 0 Å². The molecule has 0 amide bonds. The summed E-state index contributed by atoms with van der Waals surface area (Å²) in [5, 5.41) is 0. The molecule has 0 saturated carbocycles. The van der Waals surface area contributed by atoms with Gasteiger partial charge in [0.25, 0.3) is 0 Å². The van der Waals surface area contributed by atoms with Crippen LogP contribution < -0.4 is 4.90 Å². The Morgan fingerprint density at radius 1 is 1.00 bits per heavy atom. The Kier molecular flexibility index (Phi) is 6.78. The highest BCUT2D eigenvalue weighted by molar-refractivity contribution is 7.80. The number of rotatable bonds is 9. The van der Waals surface area contributed by atoms with Gasteiger partial charge in [0.05, 0.1) is 0 Å². The van der Waals surface area contributed by atoms with Crippen molar-refractivity contribution < 1.29 is 0 Å². The van der Waals surface area contributed by atoms with Crippen LogP contribution in [0.3, 0.4) is 0 Å². The number of thiol groups is 1. The maximum atomic E-state index is 4.25. The minimum absolute atomic E-state index is 0.683. The Labute approximate surface area is 130 Å². The van der Waals surface area contributed by atoms with Crippen LogP contribution in [0.4, 0.5) is 5.69 Å². The zero-order chi connectivity index (χ0) is 14.2. The maximum absolute atomic E-state index is 4.25. The lowest BCUT2D eigenvalue weighted by Gasteiger charge is -2.24. The Morgan fingerprint density at radius 2 is 1.65 bits per heavy atom. The lowest BCUT2D eigenvalue weighted by molar-refractivity contribution is 0.571. The molecule has 2 heteroatoms. The van der Waals surface area contributed by atoms with Crippen LogP contribution in [0.15, 0.2) is 24.3 Å². The van der Waals surface area contributed by atoms with E-state index in [4.69, 9.17) is 0 Å². The van der Waals surface area contributed by atoms with Gasteiger partial charge < -0.3 is 4.90 Å². The topological polar surface area (TPSA) is 3.24 Å². The summed E-state index contributed by atoms with van der Waals surface area (Å²) in [5.74, 6) is 1.05. The fraction of sp³-hybridized carbons (Fsp3) is 0.667. The monoisotopic (exact) mass is 291 g/mol. The van der Waals surface area contributed by atoms with Crippen LogP contribution in [0.25, 0.3) is 0 Å². The third-order valence-corrected chi connectivity index (χ3v) is 4.72. The number of para-hydroxylation sites is 1. The summed E-state index contributed by atoms with van der Waals surface area (Å²) < 4.78 is 0. The molecule has 0 aromatic heterocycles. The predicted octanol–water partition coefficient (Wildman–Crippen LogP) is 5.10. The molecule has 0 saturated heterocycles. The van der Waals surface area contributed by atoms with E-state index in [1.165, 1.54) is 69.2 Å². The second-order valence-corrected chi connectivity index (χ2v) is 6.52. The number of hydrogen-bond donors (Lipinski definition) is 1. The number of anilines is 1. The summed E-state index contributed by atoms with van der Waals surface area (Å²) in [6.45, 7) is 3.59. The van der Waals surface area contributed by atoms with E-state index in [9.17, 15) is 0 Å². The number of hydrogen-bond acceptors (Lipinski definition) is 2. The van der Waals surface area contributed by atoms with Crippen LogP contribution in [0.2, 0.25) is 0 Å². The molecule has 1 atom stereocenters. The molecule has 112 valence electrons. The van der Waals surface area contributed by atoms with Crippen molar-refractivity contribution >= 4 is 18.3 Å². The van der Waals surface area contributed by atoms with Crippen LogP contribution in [-0.4, -0.2) is 18.3 Å². The van der Waals surface area contributed by atoms with Gasteiger partial charge in [0, 0.05) is 18.3 Å². The van der Waals surface area contributed by atoms with Gasteiger partial charge in [0.2, 0.25) is 0 Å². The van der Waals surface area contributed by atoms with E-state index in [0.29, 0.717) is 6.04 Å². The fourth-order valence-electron chi connectivity index (χ4n) is 3.25. The first-order valence-electron chi connectivity index (χ1n) is 8.28. The molecule has 0 bridgehead atoms. The maximum Gasteiger partial charge on any atom is 0.0402 e. The average Bonchev–Trinajstić information content (AvgIpc) is 2.78. The molecule has 1 aromatic rings. The number of unbranched alkanes of at least 4 members (excludes halogenated alkanes) is 6. The number of benzene rings is 1. The zero-order valence-electron chi connectivity index (χ0n) is 12.9. The molecule has 1 aliphatic heterocycles. The Morgan fingerprint density at radius 3 is 2.40 bits per heavy atom. The van der Waals surface area contributed by atoms with Crippen LogP contribution in [0.5, 0.6) is 0 Å². The van der Waals surface area contributed by atoms with Crippen LogP contribution >= 0.6 is 12.6 Å². The lowest BCUT2D eigenvalue weighted by atomic mass is 10.1. The molecule has 0 N–H and O–H groups in total. The van der Waals surface area contributed by atoms with E-state index < -0.39 is 0 Å². The van der Waals surface area contributed by atoms with Crippen molar-refractivity contribution in [3.63, 3.8) is 0 Å².